The van der Waals surface area contributed by atoms with Crippen LogP contribution in [0.1, 0.15) is 27.2 Å². The van der Waals surface area contributed by atoms with E-state index in [1.165, 1.54) is 23.7 Å². The highest BCUT2D eigenvalue weighted by atomic mass is 32.2. The van der Waals surface area contributed by atoms with Crippen molar-refractivity contribution in [2.24, 2.45) is 0 Å². The monoisotopic (exact) mass is 250 g/mol. The van der Waals surface area contributed by atoms with Crippen molar-refractivity contribution in [3.63, 3.8) is 0 Å². The second-order valence-corrected chi connectivity index (χ2v) is 8.30. The van der Waals surface area contributed by atoms with Gasteiger partial charge in [-0.05, 0) is 19.1 Å². The molecule has 2 aliphatic rings. The first-order chi connectivity index (χ1) is 6.62. The van der Waals surface area contributed by atoms with Crippen LogP contribution in [0.25, 0.3) is 0 Å². The van der Waals surface area contributed by atoms with Gasteiger partial charge in [-0.1, -0.05) is 13.8 Å². The molecule has 82 valence electrons. The van der Waals surface area contributed by atoms with Gasteiger partial charge in [0.15, 0.2) is 9.87 Å². The van der Waals surface area contributed by atoms with Gasteiger partial charge in [0, 0.05) is 16.8 Å². The maximum absolute atomic E-state index is 5.98. The highest BCUT2D eigenvalue weighted by Crippen LogP contribution is 2.67. The number of hydrogen-bond donors (Lipinski definition) is 0. The summed E-state index contributed by atoms with van der Waals surface area (Å²) in [6, 6.07) is 0. The maximum atomic E-state index is 5.98. The number of thioether (sulfide) groups is 3. The molecule has 2 heterocycles. The molecule has 2 saturated heterocycles. The Hall–Kier alpha value is 1.01. The molecule has 0 spiro atoms. The molecule has 2 rings (SSSR count). The number of hydrogen-bond acceptors (Lipinski definition) is 4. The Bertz CT molecular complexity index is 223. The Morgan fingerprint density at radius 3 is 3.07 bits per heavy atom. The van der Waals surface area contributed by atoms with Crippen LogP contribution in [0.5, 0.6) is 0 Å². The molecule has 0 aliphatic carbocycles. The van der Waals surface area contributed by atoms with Gasteiger partial charge in [0.1, 0.15) is 0 Å². The summed E-state index contributed by atoms with van der Waals surface area (Å²) >= 11 is 6.09. The van der Waals surface area contributed by atoms with Crippen LogP contribution >= 0.6 is 35.3 Å². The third-order valence-electron chi connectivity index (χ3n) is 2.64. The lowest BCUT2D eigenvalue weighted by Gasteiger charge is -2.25. The Morgan fingerprint density at radius 2 is 2.36 bits per heavy atom. The van der Waals surface area contributed by atoms with Crippen LogP contribution in [0.4, 0.5) is 0 Å². The molecule has 0 N–H and O–H groups in total. The number of epoxide rings is 1. The summed E-state index contributed by atoms with van der Waals surface area (Å²) in [6.45, 7) is 6.80. The van der Waals surface area contributed by atoms with Crippen molar-refractivity contribution in [1.29, 1.82) is 0 Å². The summed E-state index contributed by atoms with van der Waals surface area (Å²) in [6.07, 6.45) is 1.27. The molecule has 0 aromatic heterocycles. The zero-order valence-corrected chi connectivity index (χ0v) is 11.5. The van der Waals surface area contributed by atoms with Crippen molar-refractivity contribution in [2.45, 2.75) is 42.3 Å². The topological polar surface area (TPSA) is 12.5 Å². The molecule has 0 bridgehead atoms. The zero-order chi connectivity index (χ0) is 10.2. The van der Waals surface area contributed by atoms with Gasteiger partial charge >= 0.3 is 0 Å². The van der Waals surface area contributed by atoms with E-state index in [4.69, 9.17) is 4.74 Å². The van der Waals surface area contributed by atoms with Gasteiger partial charge < -0.3 is 4.74 Å². The predicted molar refractivity (Wildman–Crippen MR) is 69.3 cm³/mol. The molecule has 2 aliphatic heterocycles. The van der Waals surface area contributed by atoms with Gasteiger partial charge in [0.2, 0.25) is 0 Å². The molecule has 14 heavy (non-hydrogen) atoms. The first kappa shape index (κ1) is 11.5. The second kappa shape index (κ2) is 4.11. The van der Waals surface area contributed by atoms with E-state index in [2.05, 4.69) is 20.8 Å². The van der Waals surface area contributed by atoms with Crippen molar-refractivity contribution in [2.75, 3.05) is 17.3 Å². The standard InChI is InChI=1S/C10H18OS3/c1-4-5-12-7-10-9(3,11-10)13-6-8(2)14-10/h8H,4-7H2,1-3H3. The fourth-order valence-corrected chi connectivity index (χ4v) is 6.37. The molecule has 2 fully saturated rings. The summed E-state index contributed by atoms with van der Waals surface area (Å²) in [7, 11) is 0. The molecule has 3 atom stereocenters. The van der Waals surface area contributed by atoms with Crippen molar-refractivity contribution in [3.05, 3.63) is 0 Å². The number of fused-ring (bicyclic) bond motifs is 1. The normalized spacial score (nSPS) is 46.1. The molecule has 3 unspecified atom stereocenters. The van der Waals surface area contributed by atoms with E-state index in [1.807, 2.05) is 35.3 Å². The van der Waals surface area contributed by atoms with E-state index in [0.717, 1.165) is 5.25 Å². The lowest BCUT2D eigenvalue weighted by Crippen LogP contribution is -2.29. The van der Waals surface area contributed by atoms with Crippen LogP contribution in [0.15, 0.2) is 0 Å². The Labute approximate surface area is 99.5 Å². The smallest absolute Gasteiger partial charge is 0.163 e. The van der Waals surface area contributed by atoms with E-state index in [-0.39, 0.29) is 9.87 Å². The lowest BCUT2D eigenvalue weighted by atomic mass is 10.3. The average Bonchev–Trinajstić information content (AvgIpc) is 2.72. The summed E-state index contributed by atoms with van der Waals surface area (Å²) < 4.78 is 5.98. The largest absolute Gasteiger partial charge is 0.339 e. The van der Waals surface area contributed by atoms with Gasteiger partial charge in [-0.25, -0.2) is 0 Å². The number of rotatable bonds is 4. The van der Waals surface area contributed by atoms with Gasteiger partial charge in [-0.2, -0.15) is 11.8 Å². The molecule has 0 amide bonds. The van der Waals surface area contributed by atoms with Crippen LogP contribution in [-0.2, 0) is 4.74 Å². The summed E-state index contributed by atoms with van der Waals surface area (Å²) in [4.78, 5) is 0.278. The van der Waals surface area contributed by atoms with Crippen molar-refractivity contribution < 1.29 is 4.74 Å². The minimum atomic E-state index is 0.130. The fourth-order valence-electron chi connectivity index (χ4n) is 1.74. The minimum Gasteiger partial charge on any atom is -0.339 e. The van der Waals surface area contributed by atoms with Crippen molar-refractivity contribution >= 4 is 35.3 Å². The van der Waals surface area contributed by atoms with Gasteiger partial charge in [0.05, 0.1) is 0 Å². The summed E-state index contributed by atoms with van der Waals surface area (Å²) in [5, 5.41) is 0.748. The molecule has 0 aromatic carbocycles. The summed E-state index contributed by atoms with van der Waals surface area (Å²) in [5.41, 5.74) is 0. The van der Waals surface area contributed by atoms with Crippen LogP contribution in [-0.4, -0.2) is 32.4 Å². The van der Waals surface area contributed by atoms with E-state index in [1.54, 1.807) is 0 Å². The molecular weight excluding hydrogens is 232 g/mol. The molecule has 4 heteroatoms. The second-order valence-electron chi connectivity index (χ2n) is 4.09. The molecule has 0 radical (unpaired) electrons. The molecule has 0 saturated carbocycles. The highest BCUT2D eigenvalue weighted by molar-refractivity contribution is 8.10. The predicted octanol–water partition coefficient (Wildman–Crippen LogP) is 3.44. The first-order valence-corrected chi connectivity index (χ1v) is 8.23. The average molecular weight is 250 g/mol. The Balaban J connectivity index is 1.89. The Morgan fingerprint density at radius 1 is 1.57 bits per heavy atom. The molecular formula is C10H18OS3. The first-order valence-electron chi connectivity index (χ1n) is 5.21. The van der Waals surface area contributed by atoms with Crippen molar-refractivity contribution in [1.82, 2.24) is 0 Å². The SMILES string of the molecule is CCCSCC12OC1(C)SCC(C)S2. The lowest BCUT2D eigenvalue weighted by molar-refractivity contribution is 0.363. The van der Waals surface area contributed by atoms with Crippen LogP contribution in [0.3, 0.4) is 0 Å². The molecule has 1 nitrogen and oxygen atoms in total. The van der Waals surface area contributed by atoms with Gasteiger partial charge in [-0.3, -0.25) is 0 Å². The van der Waals surface area contributed by atoms with Crippen LogP contribution in [0, 0.1) is 0 Å². The third-order valence-corrected chi connectivity index (χ3v) is 7.66. The van der Waals surface area contributed by atoms with Gasteiger partial charge in [-0.15, -0.1) is 23.5 Å². The quantitative estimate of drug-likeness (QED) is 0.559. The fraction of sp³-hybridized carbons (Fsp3) is 1.00. The van der Waals surface area contributed by atoms with Crippen LogP contribution in [0.2, 0.25) is 0 Å². The van der Waals surface area contributed by atoms with Gasteiger partial charge in [0.25, 0.3) is 0 Å². The minimum absolute atomic E-state index is 0.130. The van der Waals surface area contributed by atoms with Crippen LogP contribution < -0.4 is 0 Å². The van der Waals surface area contributed by atoms with Crippen molar-refractivity contribution in [3.8, 4) is 0 Å². The van der Waals surface area contributed by atoms with E-state index < -0.39 is 0 Å². The zero-order valence-electron chi connectivity index (χ0n) is 9.04. The third kappa shape index (κ3) is 1.95. The molecule has 0 aromatic rings. The van der Waals surface area contributed by atoms with E-state index in [0.29, 0.717) is 0 Å². The number of ether oxygens (including phenoxy) is 1. The highest BCUT2D eigenvalue weighted by Gasteiger charge is 2.70. The van der Waals surface area contributed by atoms with E-state index in [9.17, 15) is 0 Å². The van der Waals surface area contributed by atoms with E-state index >= 15 is 0 Å². The maximum Gasteiger partial charge on any atom is 0.163 e. The Kier molecular flexibility index (Phi) is 3.38. The summed E-state index contributed by atoms with van der Waals surface area (Å²) in [5.74, 6) is 3.67.